The van der Waals surface area contributed by atoms with Gasteiger partial charge in [-0.15, -0.1) is 0 Å². The molecule has 1 rings (SSSR count). The fraction of sp³-hybridized carbons (Fsp3) is 0.571. The van der Waals surface area contributed by atoms with Crippen molar-refractivity contribution < 1.29 is 9.90 Å². The first-order valence-corrected chi connectivity index (χ1v) is 3.22. The number of nitrogens with zero attached hydrogens (tertiary/aromatic N) is 1. The molecule has 3 heteroatoms. The molecular formula is C7H11NO2. The van der Waals surface area contributed by atoms with E-state index in [9.17, 15) is 4.79 Å². The molecule has 0 atom stereocenters. The molecule has 0 fully saturated rings. The summed E-state index contributed by atoms with van der Waals surface area (Å²) in [5.41, 5.74) is -0.314. The Morgan fingerprint density at radius 1 is 1.70 bits per heavy atom. The Bertz CT molecular complexity index is 184. The zero-order chi connectivity index (χ0) is 7.78. The van der Waals surface area contributed by atoms with Gasteiger partial charge in [-0.25, -0.2) is 4.79 Å². The molecule has 0 radical (unpaired) electrons. The fourth-order valence-corrected chi connectivity index (χ4v) is 1.10. The molecule has 0 spiro atoms. The van der Waals surface area contributed by atoms with Gasteiger partial charge in [0.1, 0.15) is 0 Å². The van der Waals surface area contributed by atoms with Gasteiger partial charge in [0, 0.05) is 6.54 Å². The highest BCUT2D eigenvalue weighted by molar-refractivity contribution is 5.67. The first-order chi connectivity index (χ1) is 4.54. The highest BCUT2D eigenvalue weighted by atomic mass is 16.4. The average Bonchev–Trinajstić information content (AvgIpc) is 2.08. The molecule has 0 unspecified atom stereocenters. The third-order valence-electron chi connectivity index (χ3n) is 1.74. The SMILES string of the molecule is CC1(C)C=CCN1C(=O)O. The van der Waals surface area contributed by atoms with Crippen molar-refractivity contribution in [3.05, 3.63) is 12.2 Å². The summed E-state index contributed by atoms with van der Waals surface area (Å²) in [6, 6.07) is 0. The second-order valence-corrected chi connectivity index (χ2v) is 2.95. The summed E-state index contributed by atoms with van der Waals surface area (Å²) in [5, 5.41) is 8.63. The minimum absolute atomic E-state index is 0.314. The fourth-order valence-electron chi connectivity index (χ4n) is 1.10. The van der Waals surface area contributed by atoms with E-state index < -0.39 is 6.09 Å². The second kappa shape index (κ2) is 2.01. The molecule has 0 saturated carbocycles. The van der Waals surface area contributed by atoms with Crippen LogP contribution in [0.25, 0.3) is 0 Å². The number of hydrogen-bond acceptors (Lipinski definition) is 1. The van der Waals surface area contributed by atoms with Gasteiger partial charge < -0.3 is 5.11 Å². The maximum absolute atomic E-state index is 10.5. The largest absolute Gasteiger partial charge is 0.465 e. The maximum Gasteiger partial charge on any atom is 0.408 e. The van der Waals surface area contributed by atoms with Crippen molar-refractivity contribution in [2.45, 2.75) is 19.4 Å². The first kappa shape index (κ1) is 7.12. The van der Waals surface area contributed by atoms with E-state index in [0.29, 0.717) is 6.54 Å². The van der Waals surface area contributed by atoms with Gasteiger partial charge in [-0.3, -0.25) is 4.90 Å². The summed E-state index contributed by atoms with van der Waals surface area (Å²) in [4.78, 5) is 11.9. The lowest BCUT2D eigenvalue weighted by Gasteiger charge is -2.27. The molecule has 1 heterocycles. The Labute approximate surface area is 59.9 Å². The van der Waals surface area contributed by atoms with Crippen LogP contribution in [0.4, 0.5) is 4.79 Å². The molecule has 0 bridgehead atoms. The third-order valence-corrected chi connectivity index (χ3v) is 1.74. The molecule has 0 aromatic rings. The van der Waals surface area contributed by atoms with Crippen molar-refractivity contribution in [2.75, 3.05) is 6.54 Å². The van der Waals surface area contributed by atoms with Crippen LogP contribution in [0.5, 0.6) is 0 Å². The average molecular weight is 141 g/mol. The Balaban J connectivity index is 2.75. The predicted molar refractivity (Wildman–Crippen MR) is 37.9 cm³/mol. The molecule has 0 saturated heterocycles. The van der Waals surface area contributed by atoms with Gasteiger partial charge in [0.05, 0.1) is 5.54 Å². The third kappa shape index (κ3) is 0.988. The topological polar surface area (TPSA) is 40.5 Å². The zero-order valence-electron chi connectivity index (χ0n) is 6.16. The van der Waals surface area contributed by atoms with Crippen LogP contribution >= 0.6 is 0 Å². The van der Waals surface area contributed by atoms with E-state index >= 15 is 0 Å². The lowest BCUT2D eigenvalue weighted by molar-refractivity contribution is 0.125. The van der Waals surface area contributed by atoms with Crippen molar-refractivity contribution in [3.63, 3.8) is 0 Å². The Morgan fingerprint density at radius 2 is 2.30 bits per heavy atom. The lowest BCUT2D eigenvalue weighted by atomic mass is 10.1. The highest BCUT2D eigenvalue weighted by Gasteiger charge is 2.30. The van der Waals surface area contributed by atoms with Gasteiger partial charge in [0.2, 0.25) is 0 Å². The van der Waals surface area contributed by atoms with Crippen molar-refractivity contribution in [3.8, 4) is 0 Å². The van der Waals surface area contributed by atoms with Crippen LogP contribution in [0.2, 0.25) is 0 Å². The van der Waals surface area contributed by atoms with Crippen molar-refractivity contribution >= 4 is 6.09 Å². The van der Waals surface area contributed by atoms with Crippen LogP contribution in [0, 0.1) is 0 Å². The van der Waals surface area contributed by atoms with Gasteiger partial charge in [-0.2, -0.15) is 0 Å². The van der Waals surface area contributed by atoms with Gasteiger partial charge in [-0.05, 0) is 13.8 Å². The van der Waals surface area contributed by atoms with E-state index in [4.69, 9.17) is 5.11 Å². The number of carbonyl (C=O) groups is 1. The van der Waals surface area contributed by atoms with Crippen molar-refractivity contribution in [2.24, 2.45) is 0 Å². The summed E-state index contributed by atoms with van der Waals surface area (Å²) in [6.45, 7) is 4.28. The van der Waals surface area contributed by atoms with Crippen LogP contribution in [0.15, 0.2) is 12.2 Å². The number of carboxylic acid groups (broad SMARTS) is 1. The van der Waals surface area contributed by atoms with Crippen LogP contribution in [-0.4, -0.2) is 28.2 Å². The molecule has 1 aliphatic rings. The molecule has 1 amide bonds. The predicted octanol–water partition coefficient (Wildman–Crippen LogP) is 1.31. The normalized spacial score (nSPS) is 21.6. The molecular weight excluding hydrogens is 130 g/mol. The molecule has 0 aromatic heterocycles. The molecule has 56 valence electrons. The van der Waals surface area contributed by atoms with Gasteiger partial charge >= 0.3 is 6.09 Å². The first-order valence-electron chi connectivity index (χ1n) is 3.22. The monoisotopic (exact) mass is 141 g/mol. The number of rotatable bonds is 0. The van der Waals surface area contributed by atoms with Crippen LogP contribution in [-0.2, 0) is 0 Å². The number of hydrogen-bond donors (Lipinski definition) is 1. The standard InChI is InChI=1S/C7H11NO2/c1-7(2)4-3-5-8(7)6(9)10/h3-4H,5H2,1-2H3,(H,9,10). The molecule has 3 nitrogen and oxygen atoms in total. The lowest BCUT2D eigenvalue weighted by Crippen LogP contribution is -2.42. The van der Waals surface area contributed by atoms with E-state index in [1.165, 1.54) is 4.90 Å². The highest BCUT2D eigenvalue weighted by Crippen LogP contribution is 2.21. The van der Waals surface area contributed by atoms with Crippen LogP contribution in [0.1, 0.15) is 13.8 Å². The summed E-state index contributed by atoms with van der Waals surface area (Å²) < 4.78 is 0. The van der Waals surface area contributed by atoms with Crippen LogP contribution < -0.4 is 0 Å². The molecule has 1 aliphatic heterocycles. The number of amides is 1. The minimum atomic E-state index is -0.852. The van der Waals surface area contributed by atoms with Crippen LogP contribution in [0.3, 0.4) is 0 Å². The molecule has 10 heavy (non-hydrogen) atoms. The molecule has 1 N–H and O–H groups in total. The van der Waals surface area contributed by atoms with E-state index in [1.54, 1.807) is 0 Å². The summed E-state index contributed by atoms with van der Waals surface area (Å²) in [5.74, 6) is 0. The second-order valence-electron chi connectivity index (χ2n) is 2.95. The van der Waals surface area contributed by atoms with Crippen molar-refractivity contribution in [1.82, 2.24) is 4.90 Å². The van der Waals surface area contributed by atoms with E-state index in [2.05, 4.69) is 0 Å². The Kier molecular flexibility index (Phi) is 1.43. The summed E-state index contributed by atoms with van der Waals surface area (Å²) in [6.07, 6.45) is 2.92. The summed E-state index contributed by atoms with van der Waals surface area (Å²) in [7, 11) is 0. The smallest absolute Gasteiger partial charge is 0.408 e. The summed E-state index contributed by atoms with van der Waals surface area (Å²) >= 11 is 0. The van der Waals surface area contributed by atoms with E-state index in [-0.39, 0.29) is 5.54 Å². The maximum atomic E-state index is 10.5. The van der Waals surface area contributed by atoms with Crippen molar-refractivity contribution in [1.29, 1.82) is 0 Å². The molecule has 0 aromatic carbocycles. The molecule has 0 aliphatic carbocycles. The van der Waals surface area contributed by atoms with Gasteiger partial charge in [0.25, 0.3) is 0 Å². The zero-order valence-corrected chi connectivity index (χ0v) is 6.16. The quantitative estimate of drug-likeness (QED) is 0.517. The van der Waals surface area contributed by atoms with E-state index in [0.717, 1.165) is 0 Å². The minimum Gasteiger partial charge on any atom is -0.465 e. The Hall–Kier alpha value is -0.990. The van der Waals surface area contributed by atoms with Gasteiger partial charge in [0.15, 0.2) is 0 Å². The van der Waals surface area contributed by atoms with Gasteiger partial charge in [-0.1, -0.05) is 12.2 Å². The Morgan fingerprint density at radius 3 is 2.50 bits per heavy atom. The van der Waals surface area contributed by atoms with E-state index in [1.807, 2.05) is 26.0 Å².